The summed E-state index contributed by atoms with van der Waals surface area (Å²) in [6, 6.07) is 7.28. The summed E-state index contributed by atoms with van der Waals surface area (Å²) in [6.45, 7) is 1.74. The molecule has 2 N–H and O–H groups in total. The highest BCUT2D eigenvalue weighted by Gasteiger charge is 2.17. The van der Waals surface area contributed by atoms with Crippen molar-refractivity contribution in [3.05, 3.63) is 29.8 Å². The van der Waals surface area contributed by atoms with Crippen molar-refractivity contribution in [3.8, 4) is 0 Å². The standard InChI is InChI=1S/C14H20F2N2O.ClH/c1-2-9-18(10-13(15)16)14(19)8-7-11-5-3-4-6-12(11)17;/h3-6,13H,2,7-10,17H2,1H3;1H. The molecule has 1 rings (SSSR count). The topological polar surface area (TPSA) is 46.3 Å². The van der Waals surface area contributed by atoms with Crippen LogP contribution in [0.15, 0.2) is 24.3 Å². The third-order valence-corrected chi connectivity index (χ3v) is 2.87. The van der Waals surface area contributed by atoms with E-state index in [4.69, 9.17) is 5.73 Å². The zero-order valence-electron chi connectivity index (χ0n) is 11.5. The molecule has 0 aliphatic carbocycles. The Labute approximate surface area is 124 Å². The monoisotopic (exact) mass is 306 g/mol. The molecular formula is C14H21ClF2N2O. The first-order valence-electron chi connectivity index (χ1n) is 6.44. The van der Waals surface area contributed by atoms with Crippen LogP contribution in [0.5, 0.6) is 0 Å². The predicted molar refractivity (Wildman–Crippen MR) is 79.3 cm³/mol. The Morgan fingerprint density at radius 1 is 1.35 bits per heavy atom. The molecule has 0 atom stereocenters. The highest BCUT2D eigenvalue weighted by Crippen LogP contribution is 2.14. The van der Waals surface area contributed by atoms with Crippen LogP contribution in [0.25, 0.3) is 0 Å². The number of carbonyl (C=O) groups excluding carboxylic acids is 1. The van der Waals surface area contributed by atoms with Crippen LogP contribution in [0.4, 0.5) is 14.5 Å². The molecule has 6 heteroatoms. The molecule has 0 saturated heterocycles. The van der Waals surface area contributed by atoms with Gasteiger partial charge in [0.05, 0.1) is 6.54 Å². The lowest BCUT2D eigenvalue weighted by Gasteiger charge is -2.21. The summed E-state index contributed by atoms with van der Waals surface area (Å²) in [5, 5.41) is 0. The van der Waals surface area contributed by atoms with Crippen molar-refractivity contribution >= 4 is 24.0 Å². The summed E-state index contributed by atoms with van der Waals surface area (Å²) in [6.07, 6.45) is -1.13. The lowest BCUT2D eigenvalue weighted by Crippen LogP contribution is -2.35. The van der Waals surface area contributed by atoms with Crippen molar-refractivity contribution in [2.75, 3.05) is 18.8 Å². The molecular weight excluding hydrogens is 286 g/mol. The second kappa shape index (κ2) is 9.53. The smallest absolute Gasteiger partial charge is 0.255 e. The maximum Gasteiger partial charge on any atom is 0.255 e. The fourth-order valence-corrected chi connectivity index (χ4v) is 1.92. The number of amides is 1. The third kappa shape index (κ3) is 6.19. The van der Waals surface area contributed by atoms with E-state index in [0.29, 0.717) is 25.1 Å². The van der Waals surface area contributed by atoms with Gasteiger partial charge in [-0.05, 0) is 24.5 Å². The van der Waals surface area contributed by atoms with E-state index in [9.17, 15) is 13.6 Å². The molecule has 1 aromatic rings. The van der Waals surface area contributed by atoms with Gasteiger partial charge in [-0.15, -0.1) is 12.4 Å². The predicted octanol–water partition coefficient (Wildman–Crippen LogP) is 3.13. The molecule has 3 nitrogen and oxygen atoms in total. The van der Waals surface area contributed by atoms with Crippen molar-refractivity contribution in [2.45, 2.75) is 32.6 Å². The minimum atomic E-state index is -2.49. The minimum absolute atomic E-state index is 0. The molecule has 0 fully saturated rings. The summed E-state index contributed by atoms with van der Waals surface area (Å²) < 4.78 is 24.8. The van der Waals surface area contributed by atoms with Crippen LogP contribution in [-0.4, -0.2) is 30.3 Å². The Morgan fingerprint density at radius 3 is 2.55 bits per heavy atom. The van der Waals surface area contributed by atoms with Crippen LogP contribution < -0.4 is 5.73 Å². The molecule has 0 aliphatic heterocycles. The van der Waals surface area contributed by atoms with E-state index in [2.05, 4.69) is 0 Å². The number of para-hydroxylation sites is 1. The van der Waals surface area contributed by atoms with E-state index in [1.54, 1.807) is 6.07 Å². The molecule has 0 bridgehead atoms. The molecule has 114 valence electrons. The van der Waals surface area contributed by atoms with Crippen molar-refractivity contribution in [2.24, 2.45) is 0 Å². The van der Waals surface area contributed by atoms with Crippen LogP contribution in [0.2, 0.25) is 0 Å². The van der Waals surface area contributed by atoms with E-state index in [1.807, 2.05) is 25.1 Å². The number of nitrogens with two attached hydrogens (primary N) is 1. The fourth-order valence-electron chi connectivity index (χ4n) is 1.92. The second-order valence-corrected chi connectivity index (χ2v) is 4.43. The van der Waals surface area contributed by atoms with E-state index >= 15 is 0 Å². The number of hydrogen-bond donors (Lipinski definition) is 1. The van der Waals surface area contributed by atoms with Gasteiger partial charge >= 0.3 is 0 Å². The van der Waals surface area contributed by atoms with Crippen molar-refractivity contribution in [3.63, 3.8) is 0 Å². The first kappa shape index (κ1) is 18.6. The molecule has 0 heterocycles. The maximum atomic E-state index is 12.4. The van der Waals surface area contributed by atoms with Gasteiger partial charge < -0.3 is 10.6 Å². The second-order valence-electron chi connectivity index (χ2n) is 4.43. The van der Waals surface area contributed by atoms with Crippen LogP contribution in [0.1, 0.15) is 25.3 Å². The normalized spacial score (nSPS) is 10.2. The minimum Gasteiger partial charge on any atom is -0.399 e. The Balaban J connectivity index is 0.00000361. The molecule has 20 heavy (non-hydrogen) atoms. The summed E-state index contributed by atoms with van der Waals surface area (Å²) in [5.74, 6) is -0.245. The zero-order valence-corrected chi connectivity index (χ0v) is 12.3. The highest BCUT2D eigenvalue weighted by molar-refractivity contribution is 5.85. The Morgan fingerprint density at radius 2 is 2.00 bits per heavy atom. The van der Waals surface area contributed by atoms with Gasteiger partial charge in [0.25, 0.3) is 6.43 Å². The zero-order chi connectivity index (χ0) is 14.3. The molecule has 0 aromatic heterocycles. The van der Waals surface area contributed by atoms with Gasteiger partial charge in [0.1, 0.15) is 0 Å². The molecule has 0 aliphatic rings. The van der Waals surface area contributed by atoms with Gasteiger partial charge in [0, 0.05) is 18.7 Å². The molecule has 1 aromatic carbocycles. The van der Waals surface area contributed by atoms with Gasteiger partial charge in [-0.2, -0.15) is 0 Å². The number of rotatable bonds is 7. The number of benzene rings is 1. The van der Waals surface area contributed by atoms with Crippen LogP contribution in [0, 0.1) is 0 Å². The summed E-state index contributed by atoms with van der Waals surface area (Å²) in [5.41, 5.74) is 7.29. The van der Waals surface area contributed by atoms with Gasteiger partial charge in [-0.1, -0.05) is 25.1 Å². The quantitative estimate of drug-likeness (QED) is 0.787. The number of nitrogens with zero attached hydrogens (tertiary/aromatic N) is 1. The average molecular weight is 307 g/mol. The molecule has 0 spiro atoms. The first-order chi connectivity index (χ1) is 9.04. The van der Waals surface area contributed by atoms with Crippen molar-refractivity contribution < 1.29 is 13.6 Å². The molecule has 0 unspecified atom stereocenters. The van der Waals surface area contributed by atoms with Crippen molar-refractivity contribution in [1.29, 1.82) is 0 Å². The Bertz CT molecular complexity index is 416. The third-order valence-electron chi connectivity index (χ3n) is 2.87. The number of aryl methyl sites for hydroxylation is 1. The van der Waals surface area contributed by atoms with Gasteiger partial charge in [0.15, 0.2) is 0 Å². The molecule has 0 radical (unpaired) electrons. The van der Waals surface area contributed by atoms with Gasteiger partial charge in [-0.25, -0.2) is 8.78 Å². The summed E-state index contributed by atoms with van der Waals surface area (Å²) >= 11 is 0. The van der Waals surface area contributed by atoms with Crippen LogP contribution in [0.3, 0.4) is 0 Å². The van der Waals surface area contributed by atoms with E-state index in [-0.39, 0.29) is 24.7 Å². The number of hydrogen-bond acceptors (Lipinski definition) is 2. The van der Waals surface area contributed by atoms with Crippen LogP contribution in [-0.2, 0) is 11.2 Å². The maximum absolute atomic E-state index is 12.4. The highest BCUT2D eigenvalue weighted by atomic mass is 35.5. The molecule has 1 amide bonds. The Kier molecular flexibility index (Phi) is 8.88. The van der Waals surface area contributed by atoms with E-state index in [1.165, 1.54) is 4.90 Å². The number of nitrogen functional groups attached to an aromatic ring is 1. The average Bonchev–Trinajstić information content (AvgIpc) is 2.36. The fraction of sp³-hybridized carbons (Fsp3) is 0.500. The van der Waals surface area contributed by atoms with E-state index in [0.717, 1.165) is 5.56 Å². The lowest BCUT2D eigenvalue weighted by molar-refractivity contribution is -0.133. The Hall–Kier alpha value is -1.36. The largest absolute Gasteiger partial charge is 0.399 e. The van der Waals surface area contributed by atoms with Gasteiger partial charge in [0.2, 0.25) is 5.91 Å². The van der Waals surface area contributed by atoms with Crippen LogP contribution >= 0.6 is 12.4 Å². The number of carbonyl (C=O) groups is 1. The first-order valence-corrected chi connectivity index (χ1v) is 6.44. The van der Waals surface area contributed by atoms with E-state index < -0.39 is 13.0 Å². The molecule has 0 saturated carbocycles. The number of halogens is 3. The summed E-state index contributed by atoms with van der Waals surface area (Å²) in [4.78, 5) is 13.1. The summed E-state index contributed by atoms with van der Waals surface area (Å²) in [7, 11) is 0. The lowest BCUT2D eigenvalue weighted by atomic mass is 10.1. The number of anilines is 1. The van der Waals surface area contributed by atoms with Gasteiger partial charge in [-0.3, -0.25) is 4.79 Å². The number of alkyl halides is 2. The van der Waals surface area contributed by atoms with Crippen molar-refractivity contribution in [1.82, 2.24) is 4.90 Å². The SMILES string of the molecule is CCCN(CC(F)F)C(=O)CCc1ccccc1N.Cl.